The molecule has 4 heteroatoms. The van der Waals surface area contributed by atoms with Crippen LogP contribution in [-0.4, -0.2) is 17.3 Å². The summed E-state index contributed by atoms with van der Waals surface area (Å²) in [7, 11) is 0. The normalized spacial score (nSPS) is 22.7. The molecule has 2 heterocycles. The number of nitrogens with zero attached hydrogens (tertiary/aromatic N) is 1. The van der Waals surface area contributed by atoms with Crippen molar-refractivity contribution in [2.24, 2.45) is 0 Å². The van der Waals surface area contributed by atoms with Crippen LogP contribution in [0.1, 0.15) is 34.5 Å². The summed E-state index contributed by atoms with van der Waals surface area (Å²) in [6.07, 6.45) is 1.27. The van der Waals surface area contributed by atoms with E-state index in [0.717, 1.165) is 17.2 Å². The Labute approximate surface area is 87.6 Å². The van der Waals surface area contributed by atoms with Gasteiger partial charge in [0.15, 0.2) is 0 Å². The molecule has 0 aliphatic carbocycles. The van der Waals surface area contributed by atoms with E-state index >= 15 is 0 Å². The molecule has 0 aromatic carbocycles. The van der Waals surface area contributed by atoms with Crippen LogP contribution in [-0.2, 0) is 4.79 Å². The number of nitrogens with one attached hydrogen (secondary N) is 1. The second kappa shape index (κ2) is 3.79. The van der Waals surface area contributed by atoms with Gasteiger partial charge in [-0.3, -0.25) is 4.79 Å². The summed E-state index contributed by atoms with van der Waals surface area (Å²) in [5.41, 5.74) is 1.09. The van der Waals surface area contributed by atoms with Crippen molar-refractivity contribution in [3.63, 3.8) is 0 Å². The molecule has 1 aliphatic heterocycles. The maximum Gasteiger partial charge on any atom is 0.136 e. The highest BCUT2D eigenvalue weighted by Crippen LogP contribution is 2.26. The first-order valence-electron chi connectivity index (χ1n) is 4.86. The highest BCUT2D eigenvalue weighted by Gasteiger charge is 2.23. The van der Waals surface area contributed by atoms with Crippen molar-refractivity contribution in [2.45, 2.75) is 32.7 Å². The summed E-state index contributed by atoms with van der Waals surface area (Å²) < 4.78 is 0. The lowest BCUT2D eigenvalue weighted by Gasteiger charge is -2.20. The number of piperidine rings is 1. The van der Waals surface area contributed by atoms with Gasteiger partial charge in [-0.05, 0) is 13.8 Å². The van der Waals surface area contributed by atoms with E-state index < -0.39 is 0 Å². The topological polar surface area (TPSA) is 42.0 Å². The summed E-state index contributed by atoms with van der Waals surface area (Å²) in [5, 5.41) is 4.40. The number of ketones is 1. The highest BCUT2D eigenvalue weighted by atomic mass is 32.1. The standard InChI is InChI=1S/C10H14N2OS/c1-6-7(2)14-10(12-6)9-5-8(13)3-4-11-9/h9,11H,3-5H2,1-2H3. The average molecular weight is 210 g/mol. The predicted molar refractivity (Wildman–Crippen MR) is 56.6 cm³/mol. The molecule has 3 nitrogen and oxygen atoms in total. The highest BCUT2D eigenvalue weighted by molar-refractivity contribution is 7.11. The molecule has 0 saturated carbocycles. The minimum Gasteiger partial charge on any atom is -0.307 e. The Morgan fingerprint density at radius 2 is 2.29 bits per heavy atom. The van der Waals surface area contributed by atoms with E-state index in [4.69, 9.17) is 0 Å². The number of Topliss-reactive ketones (excluding diaryl/α,β-unsaturated/α-hetero) is 1. The number of hydrogen-bond donors (Lipinski definition) is 1. The third kappa shape index (κ3) is 1.86. The summed E-state index contributed by atoms with van der Waals surface area (Å²) in [6.45, 7) is 4.88. The fourth-order valence-corrected chi connectivity index (χ4v) is 2.61. The predicted octanol–water partition coefficient (Wildman–Crippen LogP) is 1.75. The van der Waals surface area contributed by atoms with Gasteiger partial charge in [-0.25, -0.2) is 4.98 Å². The first-order valence-corrected chi connectivity index (χ1v) is 5.67. The van der Waals surface area contributed by atoms with Crippen molar-refractivity contribution in [3.05, 3.63) is 15.6 Å². The van der Waals surface area contributed by atoms with Gasteiger partial charge in [-0.15, -0.1) is 11.3 Å². The molecule has 1 atom stereocenters. The first kappa shape index (κ1) is 9.80. The molecule has 0 bridgehead atoms. The molecule has 0 amide bonds. The molecule has 1 N–H and O–H groups in total. The maximum absolute atomic E-state index is 11.3. The van der Waals surface area contributed by atoms with Crippen LogP contribution in [0.4, 0.5) is 0 Å². The van der Waals surface area contributed by atoms with Gasteiger partial charge in [0.2, 0.25) is 0 Å². The fraction of sp³-hybridized carbons (Fsp3) is 0.600. The monoisotopic (exact) mass is 210 g/mol. The minimum atomic E-state index is 0.161. The molecule has 1 fully saturated rings. The Morgan fingerprint density at radius 1 is 1.50 bits per heavy atom. The smallest absolute Gasteiger partial charge is 0.136 e. The van der Waals surface area contributed by atoms with Crippen LogP contribution in [0.15, 0.2) is 0 Å². The largest absolute Gasteiger partial charge is 0.307 e. The number of rotatable bonds is 1. The lowest BCUT2D eigenvalue weighted by atomic mass is 10.0. The number of carbonyl (C=O) groups is 1. The second-order valence-electron chi connectivity index (χ2n) is 3.69. The number of hydrogen-bond acceptors (Lipinski definition) is 4. The van der Waals surface area contributed by atoms with Gasteiger partial charge in [0.05, 0.1) is 11.7 Å². The third-order valence-corrected chi connectivity index (χ3v) is 3.76. The first-order chi connectivity index (χ1) is 6.66. The molecule has 0 radical (unpaired) electrons. The zero-order valence-electron chi connectivity index (χ0n) is 8.46. The minimum absolute atomic E-state index is 0.161. The average Bonchev–Trinajstić information content (AvgIpc) is 2.47. The Kier molecular flexibility index (Phi) is 2.65. The van der Waals surface area contributed by atoms with Crippen LogP contribution < -0.4 is 5.32 Å². The Morgan fingerprint density at radius 3 is 2.86 bits per heavy atom. The molecule has 14 heavy (non-hydrogen) atoms. The van der Waals surface area contributed by atoms with Crippen LogP contribution in [0.3, 0.4) is 0 Å². The van der Waals surface area contributed by atoms with E-state index in [1.807, 2.05) is 6.92 Å². The van der Waals surface area contributed by atoms with Crippen LogP contribution in [0.2, 0.25) is 0 Å². The van der Waals surface area contributed by atoms with Crippen molar-refractivity contribution in [1.82, 2.24) is 10.3 Å². The summed E-state index contributed by atoms with van der Waals surface area (Å²) in [4.78, 5) is 17.0. The number of aryl methyl sites for hydroxylation is 2. The molecule has 0 spiro atoms. The zero-order valence-corrected chi connectivity index (χ0v) is 9.28. The van der Waals surface area contributed by atoms with Crippen molar-refractivity contribution in [1.29, 1.82) is 0 Å². The quantitative estimate of drug-likeness (QED) is 0.768. The van der Waals surface area contributed by atoms with E-state index in [1.165, 1.54) is 4.88 Å². The van der Waals surface area contributed by atoms with E-state index in [0.29, 0.717) is 18.6 Å². The van der Waals surface area contributed by atoms with Gasteiger partial charge >= 0.3 is 0 Å². The Balaban J connectivity index is 2.17. The van der Waals surface area contributed by atoms with Gasteiger partial charge in [0.25, 0.3) is 0 Å². The molecule has 1 saturated heterocycles. The molecule has 1 unspecified atom stereocenters. The molecule has 1 aliphatic rings. The van der Waals surface area contributed by atoms with Crippen molar-refractivity contribution >= 4 is 17.1 Å². The van der Waals surface area contributed by atoms with E-state index in [1.54, 1.807) is 11.3 Å². The number of aromatic nitrogens is 1. The summed E-state index contributed by atoms with van der Waals surface area (Å²) in [6, 6.07) is 0.161. The van der Waals surface area contributed by atoms with Gasteiger partial charge in [-0.1, -0.05) is 0 Å². The van der Waals surface area contributed by atoms with Crippen LogP contribution >= 0.6 is 11.3 Å². The zero-order chi connectivity index (χ0) is 10.1. The van der Waals surface area contributed by atoms with Crippen LogP contribution in [0.5, 0.6) is 0 Å². The second-order valence-corrected chi connectivity index (χ2v) is 4.93. The molecule has 1 aromatic rings. The SMILES string of the molecule is Cc1nc(C2CC(=O)CCN2)sc1C. The number of carbonyl (C=O) groups excluding carboxylic acids is 1. The van der Waals surface area contributed by atoms with Crippen molar-refractivity contribution < 1.29 is 4.79 Å². The molecule has 2 rings (SSSR count). The van der Waals surface area contributed by atoms with E-state index in [2.05, 4.69) is 17.2 Å². The van der Waals surface area contributed by atoms with Gasteiger partial charge in [0.1, 0.15) is 10.8 Å². The fourth-order valence-electron chi connectivity index (χ4n) is 1.61. The lowest BCUT2D eigenvalue weighted by Crippen LogP contribution is -2.31. The third-order valence-electron chi connectivity index (χ3n) is 2.57. The maximum atomic E-state index is 11.3. The lowest BCUT2D eigenvalue weighted by molar-refractivity contribution is -0.120. The van der Waals surface area contributed by atoms with Gasteiger partial charge in [-0.2, -0.15) is 0 Å². The molecular formula is C10H14N2OS. The van der Waals surface area contributed by atoms with Crippen LogP contribution in [0, 0.1) is 13.8 Å². The van der Waals surface area contributed by atoms with E-state index in [9.17, 15) is 4.79 Å². The molecule has 76 valence electrons. The number of thiazole rings is 1. The van der Waals surface area contributed by atoms with Gasteiger partial charge in [0, 0.05) is 24.3 Å². The Bertz CT molecular complexity index is 340. The molecule has 1 aromatic heterocycles. The van der Waals surface area contributed by atoms with Crippen molar-refractivity contribution in [3.8, 4) is 0 Å². The van der Waals surface area contributed by atoms with Gasteiger partial charge < -0.3 is 5.32 Å². The summed E-state index contributed by atoms with van der Waals surface area (Å²) in [5.74, 6) is 0.347. The van der Waals surface area contributed by atoms with Crippen molar-refractivity contribution in [2.75, 3.05) is 6.54 Å². The van der Waals surface area contributed by atoms with E-state index in [-0.39, 0.29) is 6.04 Å². The Hall–Kier alpha value is -0.740. The summed E-state index contributed by atoms with van der Waals surface area (Å²) >= 11 is 1.70. The molecular weight excluding hydrogens is 196 g/mol. The van der Waals surface area contributed by atoms with Crippen LogP contribution in [0.25, 0.3) is 0 Å².